The summed E-state index contributed by atoms with van der Waals surface area (Å²) in [5.41, 5.74) is 5.00. The van der Waals surface area contributed by atoms with E-state index in [0.717, 1.165) is 23.7 Å². The lowest BCUT2D eigenvalue weighted by Gasteiger charge is -2.36. The molecule has 2 aliphatic rings. The molecule has 0 spiro atoms. The van der Waals surface area contributed by atoms with Crippen molar-refractivity contribution in [2.75, 3.05) is 42.6 Å². The second kappa shape index (κ2) is 8.61. The van der Waals surface area contributed by atoms with E-state index in [1.807, 2.05) is 28.5 Å². The number of carbonyl (C=O) groups is 1. The molecule has 5 rings (SSSR count). The molecule has 1 aromatic carbocycles. The van der Waals surface area contributed by atoms with Crippen LogP contribution in [0, 0.1) is 13.8 Å². The Labute approximate surface area is 198 Å². The van der Waals surface area contributed by atoms with Crippen molar-refractivity contribution in [3.8, 4) is 10.6 Å². The van der Waals surface area contributed by atoms with Crippen LogP contribution in [-0.2, 0) is 9.84 Å². The third-order valence-electron chi connectivity index (χ3n) is 6.77. The number of anilines is 1. The van der Waals surface area contributed by atoms with E-state index in [9.17, 15) is 13.2 Å². The van der Waals surface area contributed by atoms with Crippen molar-refractivity contribution < 1.29 is 13.2 Å². The lowest BCUT2D eigenvalue weighted by Crippen LogP contribution is -2.49. The lowest BCUT2D eigenvalue weighted by atomic mass is 10.1. The zero-order valence-corrected chi connectivity index (χ0v) is 20.5. The Bertz CT molecular complexity index is 1270. The summed E-state index contributed by atoms with van der Waals surface area (Å²) < 4.78 is 25.9. The van der Waals surface area contributed by atoms with E-state index in [0.29, 0.717) is 25.2 Å². The number of carbonyl (C=O) groups excluding carboxylic acids is 1. The number of benzene rings is 1. The van der Waals surface area contributed by atoms with Crippen molar-refractivity contribution in [3.05, 3.63) is 58.6 Å². The highest BCUT2D eigenvalue weighted by Gasteiger charge is 2.33. The number of rotatable bonds is 4. The molecule has 2 saturated heterocycles. The van der Waals surface area contributed by atoms with Crippen molar-refractivity contribution in [3.63, 3.8) is 0 Å². The molecule has 1 amide bonds. The number of aryl methyl sites for hydroxylation is 1. The molecule has 0 bridgehead atoms. The van der Waals surface area contributed by atoms with Gasteiger partial charge in [-0.15, -0.1) is 11.3 Å². The molecule has 4 heterocycles. The smallest absolute Gasteiger partial charge is 0.274 e. The zero-order chi connectivity index (χ0) is 23.2. The van der Waals surface area contributed by atoms with Crippen LogP contribution in [0.25, 0.3) is 10.6 Å². The van der Waals surface area contributed by atoms with Crippen molar-refractivity contribution in [2.45, 2.75) is 26.3 Å². The summed E-state index contributed by atoms with van der Waals surface area (Å²) in [5, 5.41) is 6.62. The van der Waals surface area contributed by atoms with E-state index < -0.39 is 9.84 Å². The number of amides is 1. The predicted octanol–water partition coefficient (Wildman–Crippen LogP) is 3.55. The largest absolute Gasteiger partial charge is 0.368 e. The first-order valence-electron chi connectivity index (χ1n) is 11.3. The van der Waals surface area contributed by atoms with E-state index in [2.05, 4.69) is 42.0 Å². The zero-order valence-electron chi connectivity index (χ0n) is 18.9. The van der Waals surface area contributed by atoms with Gasteiger partial charge < -0.3 is 9.80 Å². The van der Waals surface area contributed by atoms with Gasteiger partial charge in [-0.1, -0.05) is 18.2 Å². The van der Waals surface area contributed by atoms with Crippen LogP contribution >= 0.6 is 11.3 Å². The molecule has 9 heteroatoms. The maximum absolute atomic E-state index is 13.4. The van der Waals surface area contributed by atoms with Crippen molar-refractivity contribution >= 4 is 32.8 Å². The summed E-state index contributed by atoms with van der Waals surface area (Å²) in [6.45, 7) is 7.07. The lowest BCUT2D eigenvalue weighted by molar-refractivity contribution is 0.0739. The number of thiophene rings is 1. The predicted molar refractivity (Wildman–Crippen MR) is 132 cm³/mol. The summed E-state index contributed by atoms with van der Waals surface area (Å²) in [6.07, 6.45) is 0.532. The van der Waals surface area contributed by atoms with Crippen LogP contribution in [0.5, 0.6) is 0 Å². The molecule has 3 aromatic rings. The molecule has 174 valence electrons. The van der Waals surface area contributed by atoms with E-state index in [1.54, 1.807) is 16.0 Å². The average Bonchev–Trinajstić information content (AvgIpc) is 3.54. The second-order valence-corrected chi connectivity index (χ2v) is 12.1. The summed E-state index contributed by atoms with van der Waals surface area (Å²) in [7, 11) is -3.06. The Morgan fingerprint density at radius 1 is 1.09 bits per heavy atom. The molecule has 0 unspecified atom stereocenters. The summed E-state index contributed by atoms with van der Waals surface area (Å²) in [6, 6.07) is 11.9. The first-order valence-corrected chi connectivity index (χ1v) is 14.0. The van der Waals surface area contributed by atoms with Gasteiger partial charge in [-0.3, -0.25) is 9.48 Å². The Hall–Kier alpha value is -2.65. The fraction of sp³-hybridized carbons (Fsp3) is 0.417. The molecule has 2 fully saturated rings. The number of nitrogens with zero attached hydrogens (tertiary/aromatic N) is 4. The minimum Gasteiger partial charge on any atom is -0.368 e. The molecule has 33 heavy (non-hydrogen) atoms. The van der Waals surface area contributed by atoms with E-state index in [1.165, 1.54) is 16.8 Å². The van der Waals surface area contributed by atoms with Gasteiger partial charge in [-0.25, -0.2) is 8.42 Å². The van der Waals surface area contributed by atoms with Gasteiger partial charge in [0.15, 0.2) is 15.5 Å². The minimum absolute atomic E-state index is 0.0786. The SMILES string of the molecule is Cc1cccc(N2CCN(C(=O)c3cc(-c4cccs4)n([C@@H]4CCS(=O)(=O)C4)n3)CC2)c1C. The highest BCUT2D eigenvalue weighted by atomic mass is 32.2. The first kappa shape index (κ1) is 22.2. The van der Waals surface area contributed by atoms with Crippen LogP contribution in [0.3, 0.4) is 0 Å². The standard InChI is InChI=1S/C24H28N4O3S2/c1-17-5-3-6-21(18(17)2)26-9-11-27(12-10-26)24(29)20-15-22(23-7-4-13-32-23)28(25-20)19-8-14-33(30,31)16-19/h3-7,13,15,19H,8-12,14,16H2,1-2H3/t19-/m1/s1. The summed E-state index contributed by atoms with van der Waals surface area (Å²) in [5.74, 6) is 0.160. The van der Waals surface area contributed by atoms with Gasteiger partial charge in [-0.2, -0.15) is 5.10 Å². The summed E-state index contributed by atoms with van der Waals surface area (Å²) in [4.78, 5) is 18.5. The quantitative estimate of drug-likeness (QED) is 0.566. The highest BCUT2D eigenvalue weighted by molar-refractivity contribution is 7.91. The van der Waals surface area contributed by atoms with Crippen molar-refractivity contribution in [1.82, 2.24) is 14.7 Å². The van der Waals surface area contributed by atoms with Gasteiger partial charge in [0.2, 0.25) is 0 Å². The molecule has 0 aliphatic carbocycles. The van der Waals surface area contributed by atoms with Crippen LogP contribution in [0.2, 0.25) is 0 Å². The third kappa shape index (κ3) is 4.31. The number of sulfone groups is 1. The minimum atomic E-state index is -3.06. The van der Waals surface area contributed by atoms with Crippen LogP contribution in [-0.4, -0.2) is 66.7 Å². The van der Waals surface area contributed by atoms with Gasteiger partial charge >= 0.3 is 0 Å². The Morgan fingerprint density at radius 3 is 2.55 bits per heavy atom. The molecular formula is C24H28N4O3S2. The van der Waals surface area contributed by atoms with E-state index in [-0.39, 0.29) is 23.5 Å². The second-order valence-electron chi connectivity index (χ2n) is 8.89. The van der Waals surface area contributed by atoms with E-state index >= 15 is 0 Å². The Balaban J connectivity index is 1.36. The fourth-order valence-electron chi connectivity index (χ4n) is 4.74. The van der Waals surface area contributed by atoms with Gasteiger partial charge in [0.1, 0.15) is 0 Å². The molecule has 2 aromatic heterocycles. The molecule has 0 saturated carbocycles. The molecule has 0 radical (unpaired) electrons. The van der Waals surface area contributed by atoms with Gasteiger partial charge in [-0.05, 0) is 55.0 Å². The van der Waals surface area contributed by atoms with Gasteiger partial charge in [0.25, 0.3) is 5.91 Å². The van der Waals surface area contributed by atoms with Crippen LogP contribution < -0.4 is 4.90 Å². The number of piperazine rings is 1. The van der Waals surface area contributed by atoms with Crippen molar-refractivity contribution in [1.29, 1.82) is 0 Å². The topological polar surface area (TPSA) is 75.5 Å². The van der Waals surface area contributed by atoms with Crippen LogP contribution in [0.1, 0.15) is 34.1 Å². The Morgan fingerprint density at radius 2 is 1.88 bits per heavy atom. The molecule has 2 aliphatic heterocycles. The third-order valence-corrected chi connectivity index (χ3v) is 9.41. The van der Waals surface area contributed by atoms with Crippen LogP contribution in [0.15, 0.2) is 41.8 Å². The van der Waals surface area contributed by atoms with Crippen molar-refractivity contribution in [2.24, 2.45) is 0 Å². The molecule has 1 atom stereocenters. The number of aromatic nitrogens is 2. The molecule has 0 N–H and O–H groups in total. The van der Waals surface area contributed by atoms with E-state index in [4.69, 9.17) is 0 Å². The van der Waals surface area contributed by atoms with Gasteiger partial charge in [0, 0.05) is 31.9 Å². The van der Waals surface area contributed by atoms with Crippen LogP contribution in [0.4, 0.5) is 5.69 Å². The maximum Gasteiger partial charge on any atom is 0.274 e. The van der Waals surface area contributed by atoms with Gasteiger partial charge in [0.05, 0.1) is 28.1 Å². The monoisotopic (exact) mass is 484 g/mol. The molecular weight excluding hydrogens is 456 g/mol. The Kier molecular flexibility index (Phi) is 5.78. The number of hydrogen-bond acceptors (Lipinski definition) is 6. The average molecular weight is 485 g/mol. The fourth-order valence-corrected chi connectivity index (χ4v) is 7.17. The number of hydrogen-bond donors (Lipinski definition) is 0. The first-order chi connectivity index (χ1) is 15.8. The maximum atomic E-state index is 13.4. The highest BCUT2D eigenvalue weighted by Crippen LogP contribution is 2.33. The summed E-state index contributed by atoms with van der Waals surface area (Å²) >= 11 is 1.57. The normalized spacial score (nSPS) is 20.4. The molecule has 7 nitrogen and oxygen atoms in total.